The largest absolute Gasteiger partial charge is 0.484 e. The smallest absolute Gasteiger partial charge is 0.310 e. The van der Waals surface area contributed by atoms with Gasteiger partial charge in [-0.3, -0.25) is 19.9 Å². The second-order valence-corrected chi connectivity index (χ2v) is 15.6. The fraction of sp³-hybridized carbons (Fsp3) is 0.538. The number of alkyl halides is 1. The van der Waals surface area contributed by atoms with Gasteiger partial charge in [0.1, 0.15) is 19.4 Å². The number of nitrogens with one attached hydrogen (secondary N) is 1. The molecule has 10 heteroatoms. The van der Waals surface area contributed by atoms with E-state index >= 15 is 0 Å². The quantitative estimate of drug-likeness (QED) is 0.252. The minimum atomic E-state index is -2.24. The normalized spacial score (nSPS) is 18.9. The molecule has 2 aliphatic rings. The summed E-state index contributed by atoms with van der Waals surface area (Å²) in [5, 5.41) is 14.4. The van der Waals surface area contributed by atoms with E-state index in [1.807, 2.05) is 25.2 Å². The van der Waals surface area contributed by atoms with Gasteiger partial charge in [-0.25, -0.2) is 4.39 Å². The SMILES string of the molecule is CC(=O)NC1=CC=C2N=C(c3ccc([N+](=O)[O-])c(OCC(CF)O[Si](C)(C)C(C)(C)C)c3)CC[C@@H]2C1. The number of nitro groups is 1. The molecule has 1 N–H and O–H groups in total. The summed E-state index contributed by atoms with van der Waals surface area (Å²) in [6.45, 7) is 10.9. The lowest BCUT2D eigenvalue weighted by Crippen LogP contribution is -2.46. The van der Waals surface area contributed by atoms with Crippen LogP contribution in [0.25, 0.3) is 0 Å². The molecule has 2 atom stereocenters. The van der Waals surface area contributed by atoms with E-state index in [1.54, 1.807) is 12.1 Å². The molecule has 0 aromatic heterocycles. The predicted molar refractivity (Wildman–Crippen MR) is 140 cm³/mol. The van der Waals surface area contributed by atoms with Gasteiger partial charge in [0, 0.05) is 41.6 Å². The number of hydrogen-bond acceptors (Lipinski definition) is 6. The molecular formula is C26H36FN3O5Si. The van der Waals surface area contributed by atoms with Gasteiger partial charge < -0.3 is 14.5 Å². The number of hydrogen-bond donors (Lipinski definition) is 1. The standard InChI is InChI=1S/C26H36FN3O5Si/c1-17(31)28-20-9-11-23-18(13-20)7-10-22(29-23)19-8-12-24(30(32)33)25(14-19)34-16-21(15-27)35-36(5,6)26(2,3)4/h8-9,11-12,14,18,21H,7,10,13,15-16H2,1-6H3,(H,28,31)/t18-,21?/m1/s1. The van der Waals surface area contributed by atoms with Crippen LogP contribution in [0.4, 0.5) is 10.1 Å². The van der Waals surface area contributed by atoms with E-state index in [4.69, 9.17) is 14.2 Å². The number of aliphatic imine (C=N–C) groups is 1. The molecule has 0 spiro atoms. The van der Waals surface area contributed by atoms with E-state index in [-0.39, 0.29) is 34.9 Å². The third-order valence-corrected chi connectivity index (χ3v) is 11.6. The van der Waals surface area contributed by atoms with Crippen molar-refractivity contribution in [2.24, 2.45) is 10.9 Å². The van der Waals surface area contributed by atoms with Crippen LogP contribution in [0.5, 0.6) is 5.75 Å². The van der Waals surface area contributed by atoms with Crippen molar-refractivity contribution < 1.29 is 23.3 Å². The van der Waals surface area contributed by atoms with Gasteiger partial charge in [0.25, 0.3) is 0 Å². The van der Waals surface area contributed by atoms with E-state index in [9.17, 15) is 19.3 Å². The van der Waals surface area contributed by atoms with Crippen LogP contribution in [0, 0.1) is 16.0 Å². The van der Waals surface area contributed by atoms with E-state index < -0.39 is 26.0 Å². The first kappa shape index (κ1) is 27.7. The maximum Gasteiger partial charge on any atom is 0.310 e. The first-order valence-corrected chi connectivity index (χ1v) is 15.1. The highest BCUT2D eigenvalue weighted by atomic mass is 28.4. The highest BCUT2D eigenvalue weighted by Gasteiger charge is 2.39. The molecule has 0 saturated carbocycles. The Hall–Kier alpha value is -2.85. The van der Waals surface area contributed by atoms with Gasteiger partial charge >= 0.3 is 5.69 Å². The zero-order valence-corrected chi connectivity index (χ0v) is 22.9. The maximum absolute atomic E-state index is 13.8. The van der Waals surface area contributed by atoms with Gasteiger partial charge in [-0.1, -0.05) is 20.8 Å². The lowest BCUT2D eigenvalue weighted by Gasteiger charge is -2.38. The Labute approximate surface area is 212 Å². The summed E-state index contributed by atoms with van der Waals surface area (Å²) >= 11 is 0. The van der Waals surface area contributed by atoms with Crippen molar-refractivity contribution in [2.75, 3.05) is 13.3 Å². The second-order valence-electron chi connectivity index (χ2n) is 10.9. The van der Waals surface area contributed by atoms with Gasteiger partial charge in [0.05, 0.1) is 4.92 Å². The van der Waals surface area contributed by atoms with Crippen molar-refractivity contribution in [2.45, 2.75) is 71.2 Å². The monoisotopic (exact) mass is 517 g/mol. The molecule has 1 aromatic carbocycles. The summed E-state index contributed by atoms with van der Waals surface area (Å²) in [6, 6.07) is 4.69. The summed E-state index contributed by atoms with van der Waals surface area (Å²) in [6.07, 6.45) is 5.22. The van der Waals surface area contributed by atoms with Crippen molar-refractivity contribution in [1.29, 1.82) is 0 Å². The maximum atomic E-state index is 13.8. The van der Waals surface area contributed by atoms with Crippen LogP contribution < -0.4 is 10.1 Å². The van der Waals surface area contributed by atoms with Gasteiger partial charge in [-0.2, -0.15) is 0 Å². The molecule has 0 saturated heterocycles. The number of nitrogens with zero attached hydrogens (tertiary/aromatic N) is 2. The number of rotatable bonds is 9. The molecule has 1 aromatic rings. The molecule has 1 unspecified atom stereocenters. The molecule has 36 heavy (non-hydrogen) atoms. The Bertz CT molecular complexity index is 1110. The van der Waals surface area contributed by atoms with E-state index in [2.05, 4.69) is 26.1 Å². The number of halogens is 1. The third kappa shape index (κ3) is 6.67. The van der Waals surface area contributed by atoms with Crippen molar-refractivity contribution >= 4 is 25.6 Å². The molecule has 3 rings (SSSR count). The third-order valence-electron chi connectivity index (χ3n) is 7.02. The van der Waals surface area contributed by atoms with Crippen LogP contribution in [-0.2, 0) is 9.22 Å². The minimum absolute atomic E-state index is 0.0741. The Morgan fingerprint density at radius 1 is 1.33 bits per heavy atom. The highest BCUT2D eigenvalue weighted by Crippen LogP contribution is 2.38. The number of fused-ring (bicyclic) bond motifs is 1. The van der Waals surface area contributed by atoms with Crippen molar-refractivity contribution in [3.63, 3.8) is 0 Å². The average molecular weight is 518 g/mol. The first-order chi connectivity index (χ1) is 16.8. The molecule has 8 nitrogen and oxygen atoms in total. The summed E-state index contributed by atoms with van der Waals surface area (Å²) in [5.74, 6) is 0.193. The van der Waals surface area contributed by atoms with Gasteiger partial charge in [-0.05, 0) is 61.7 Å². The van der Waals surface area contributed by atoms with Crippen LogP contribution in [0.2, 0.25) is 18.1 Å². The molecule has 1 heterocycles. The van der Waals surface area contributed by atoms with Crippen molar-refractivity contribution in [3.8, 4) is 5.75 Å². The van der Waals surface area contributed by atoms with Gasteiger partial charge in [-0.15, -0.1) is 0 Å². The highest BCUT2D eigenvalue weighted by molar-refractivity contribution is 6.74. The fourth-order valence-corrected chi connectivity index (χ4v) is 5.35. The van der Waals surface area contributed by atoms with Crippen LogP contribution in [-0.4, -0.2) is 44.2 Å². The lowest BCUT2D eigenvalue weighted by atomic mass is 9.85. The summed E-state index contributed by atoms with van der Waals surface area (Å²) in [5.41, 5.74) is 3.16. The molecule has 1 aliphatic heterocycles. The summed E-state index contributed by atoms with van der Waals surface area (Å²) in [7, 11) is -2.24. The number of benzene rings is 1. The number of carbonyl (C=O) groups excluding carboxylic acids is 1. The molecule has 1 amide bonds. The van der Waals surface area contributed by atoms with Crippen LogP contribution in [0.3, 0.4) is 0 Å². The van der Waals surface area contributed by atoms with Crippen LogP contribution in [0.1, 0.15) is 52.5 Å². The number of carbonyl (C=O) groups is 1. The minimum Gasteiger partial charge on any atom is -0.484 e. The van der Waals surface area contributed by atoms with Gasteiger partial charge in [0.15, 0.2) is 14.1 Å². The molecule has 0 fully saturated rings. The van der Waals surface area contributed by atoms with E-state index in [0.717, 1.165) is 35.5 Å². The number of ether oxygens (including phenoxy) is 1. The first-order valence-electron chi connectivity index (χ1n) is 12.2. The fourth-order valence-electron chi connectivity index (χ4n) is 4.04. The Balaban J connectivity index is 1.81. The molecule has 0 radical (unpaired) electrons. The molecular weight excluding hydrogens is 481 g/mol. The lowest BCUT2D eigenvalue weighted by molar-refractivity contribution is -0.385. The molecule has 1 aliphatic carbocycles. The van der Waals surface area contributed by atoms with Crippen molar-refractivity contribution in [1.82, 2.24) is 5.32 Å². The van der Waals surface area contributed by atoms with E-state index in [1.165, 1.54) is 13.0 Å². The summed E-state index contributed by atoms with van der Waals surface area (Å²) < 4.78 is 25.7. The molecule has 196 valence electrons. The van der Waals surface area contributed by atoms with Crippen LogP contribution in [0.15, 0.2) is 46.7 Å². The number of nitro benzene ring substituents is 1. The average Bonchev–Trinajstić information content (AvgIpc) is 2.79. The zero-order valence-electron chi connectivity index (χ0n) is 21.9. The Kier molecular flexibility index (Phi) is 8.50. The Morgan fingerprint density at radius 3 is 2.67 bits per heavy atom. The zero-order chi connectivity index (χ0) is 26.7. The van der Waals surface area contributed by atoms with Crippen LogP contribution >= 0.6 is 0 Å². The van der Waals surface area contributed by atoms with Gasteiger partial charge in [0.2, 0.25) is 5.91 Å². The number of allylic oxidation sites excluding steroid dienone is 4. The summed E-state index contributed by atoms with van der Waals surface area (Å²) in [4.78, 5) is 27.3. The number of amides is 1. The van der Waals surface area contributed by atoms with E-state index in [0.29, 0.717) is 6.42 Å². The van der Waals surface area contributed by atoms with Crippen molar-refractivity contribution in [3.05, 3.63) is 57.4 Å². The molecule has 0 bridgehead atoms. The Morgan fingerprint density at radius 2 is 2.06 bits per heavy atom. The second kappa shape index (κ2) is 11.0. The predicted octanol–water partition coefficient (Wildman–Crippen LogP) is 5.84. The topological polar surface area (TPSA) is 103 Å².